The van der Waals surface area contributed by atoms with Crippen LogP contribution < -0.4 is 9.64 Å². The molecule has 2 rings (SSSR count). The lowest BCUT2D eigenvalue weighted by molar-refractivity contribution is -0.385. The van der Waals surface area contributed by atoms with Crippen molar-refractivity contribution < 1.29 is 19.9 Å². The lowest BCUT2D eigenvalue weighted by Crippen LogP contribution is -2.30. The third-order valence-electron chi connectivity index (χ3n) is 4.99. The van der Waals surface area contributed by atoms with Crippen molar-refractivity contribution in [2.24, 2.45) is 10.2 Å². The van der Waals surface area contributed by atoms with Gasteiger partial charge in [0, 0.05) is 25.2 Å². The maximum Gasteiger partial charge on any atom is 0.287 e. The van der Waals surface area contributed by atoms with E-state index >= 15 is 0 Å². The molecule has 10 heteroatoms. The lowest BCUT2D eigenvalue weighted by Gasteiger charge is -2.25. The molecule has 10 nitrogen and oxygen atoms in total. The molecule has 33 heavy (non-hydrogen) atoms. The number of pyridine rings is 1. The summed E-state index contributed by atoms with van der Waals surface area (Å²) in [7, 11) is 0. The molecular weight excluding hydrogens is 426 g/mol. The van der Waals surface area contributed by atoms with Gasteiger partial charge in [-0.15, -0.1) is 10.2 Å². The van der Waals surface area contributed by atoms with Gasteiger partial charge in [0.05, 0.1) is 36.1 Å². The van der Waals surface area contributed by atoms with Crippen molar-refractivity contribution in [1.29, 1.82) is 0 Å². The second-order valence-electron chi connectivity index (χ2n) is 7.53. The number of nitrogens with zero attached hydrogens (tertiary/aromatic N) is 5. The van der Waals surface area contributed by atoms with E-state index in [1.165, 1.54) is 37.8 Å². The minimum Gasteiger partial charge on any atom is -0.491 e. The van der Waals surface area contributed by atoms with Gasteiger partial charge < -0.3 is 19.8 Å². The summed E-state index contributed by atoms with van der Waals surface area (Å²) < 4.78 is 6.05. The molecule has 0 aliphatic carbocycles. The Bertz CT molecular complexity index is 870. The number of ether oxygens (including phenoxy) is 1. The van der Waals surface area contributed by atoms with Crippen molar-refractivity contribution in [3.8, 4) is 5.75 Å². The van der Waals surface area contributed by atoms with Gasteiger partial charge in [-0.2, -0.15) is 0 Å². The number of azo groups is 1. The summed E-state index contributed by atoms with van der Waals surface area (Å²) in [5, 5.41) is 37.8. The average molecular weight is 460 g/mol. The number of rotatable bonds is 16. The summed E-state index contributed by atoms with van der Waals surface area (Å²) in [6.07, 6.45) is 8.03. The first-order chi connectivity index (χ1) is 16.1. The molecule has 1 aromatic heterocycles. The number of unbranched alkanes of at least 4 members (excludes halogenated alkanes) is 5. The fourth-order valence-corrected chi connectivity index (χ4v) is 3.25. The van der Waals surface area contributed by atoms with Crippen LogP contribution in [-0.4, -0.2) is 53.0 Å². The lowest BCUT2D eigenvalue weighted by atomic mass is 10.1. The number of hydrogen-bond acceptors (Lipinski definition) is 9. The highest BCUT2D eigenvalue weighted by atomic mass is 16.6. The van der Waals surface area contributed by atoms with E-state index in [0.29, 0.717) is 31.1 Å². The van der Waals surface area contributed by atoms with E-state index in [1.54, 1.807) is 12.1 Å². The molecule has 0 bridgehead atoms. The molecule has 0 saturated heterocycles. The summed E-state index contributed by atoms with van der Waals surface area (Å²) in [6.45, 7) is 3.37. The number of nitro groups is 1. The predicted molar refractivity (Wildman–Crippen MR) is 127 cm³/mol. The summed E-state index contributed by atoms with van der Waals surface area (Å²) in [5.41, 5.74) is 1.18. The van der Waals surface area contributed by atoms with Crippen molar-refractivity contribution in [1.82, 2.24) is 4.98 Å². The van der Waals surface area contributed by atoms with Crippen LogP contribution in [0, 0.1) is 10.1 Å². The quantitative estimate of drug-likeness (QED) is 0.157. The minimum absolute atomic E-state index is 0.0514. The van der Waals surface area contributed by atoms with Crippen LogP contribution >= 0.6 is 0 Å². The Labute approximate surface area is 194 Å². The first-order valence-corrected chi connectivity index (χ1v) is 11.3. The van der Waals surface area contributed by atoms with Crippen molar-refractivity contribution in [2.75, 3.05) is 37.8 Å². The van der Waals surface area contributed by atoms with E-state index < -0.39 is 4.92 Å². The molecule has 0 unspecified atom stereocenters. The average Bonchev–Trinajstić information content (AvgIpc) is 2.82. The molecule has 0 spiro atoms. The fraction of sp³-hybridized carbons (Fsp3) is 0.522. The van der Waals surface area contributed by atoms with Crippen LogP contribution in [0.4, 0.5) is 22.9 Å². The molecule has 0 aliphatic heterocycles. The first-order valence-electron chi connectivity index (χ1n) is 11.3. The second kappa shape index (κ2) is 14.9. The third-order valence-corrected chi connectivity index (χ3v) is 4.99. The summed E-state index contributed by atoms with van der Waals surface area (Å²) in [4.78, 5) is 16.0. The smallest absolute Gasteiger partial charge is 0.287 e. The molecule has 2 N–H and O–H groups in total. The minimum atomic E-state index is -0.523. The summed E-state index contributed by atoms with van der Waals surface area (Å²) in [6, 6.07) is 8.07. The normalized spacial score (nSPS) is 11.1. The van der Waals surface area contributed by atoms with Gasteiger partial charge in [-0.1, -0.05) is 39.0 Å². The predicted octanol–water partition coefficient (Wildman–Crippen LogP) is 4.94. The van der Waals surface area contributed by atoms with Crippen LogP contribution in [0.2, 0.25) is 0 Å². The van der Waals surface area contributed by atoms with E-state index in [0.717, 1.165) is 24.7 Å². The largest absolute Gasteiger partial charge is 0.491 e. The van der Waals surface area contributed by atoms with Crippen LogP contribution in [0.5, 0.6) is 5.75 Å². The maximum absolute atomic E-state index is 10.7. The Kier molecular flexibility index (Phi) is 11.8. The Morgan fingerprint density at radius 1 is 1.03 bits per heavy atom. The number of aliphatic hydroxyl groups is 2. The first kappa shape index (κ1) is 26.1. The molecule has 0 saturated carbocycles. The van der Waals surface area contributed by atoms with Gasteiger partial charge in [-0.25, -0.2) is 4.98 Å². The highest BCUT2D eigenvalue weighted by Gasteiger charge is 2.13. The number of benzene rings is 1. The highest BCUT2D eigenvalue weighted by molar-refractivity contribution is 5.64. The van der Waals surface area contributed by atoms with Crippen LogP contribution in [0.1, 0.15) is 45.4 Å². The van der Waals surface area contributed by atoms with Crippen molar-refractivity contribution >= 4 is 22.9 Å². The van der Waals surface area contributed by atoms with E-state index in [2.05, 4.69) is 22.1 Å². The van der Waals surface area contributed by atoms with E-state index in [4.69, 9.17) is 4.74 Å². The molecule has 1 aromatic carbocycles. The van der Waals surface area contributed by atoms with Gasteiger partial charge in [0.25, 0.3) is 5.69 Å². The van der Waals surface area contributed by atoms with Crippen molar-refractivity contribution in [3.05, 3.63) is 46.6 Å². The van der Waals surface area contributed by atoms with Crippen LogP contribution in [0.3, 0.4) is 0 Å². The molecule has 0 radical (unpaired) electrons. The Morgan fingerprint density at radius 3 is 2.39 bits per heavy atom. The summed E-state index contributed by atoms with van der Waals surface area (Å²) in [5.74, 6) is 0.847. The zero-order valence-electron chi connectivity index (χ0n) is 19.1. The van der Waals surface area contributed by atoms with Gasteiger partial charge in [0.15, 0.2) is 5.82 Å². The zero-order chi connectivity index (χ0) is 23.9. The van der Waals surface area contributed by atoms with Gasteiger partial charge in [-0.3, -0.25) is 10.1 Å². The molecule has 180 valence electrons. The maximum atomic E-state index is 10.7. The monoisotopic (exact) mass is 459 g/mol. The Hall–Kier alpha value is -3.11. The number of aromatic nitrogens is 1. The second-order valence-corrected chi connectivity index (χ2v) is 7.53. The fourth-order valence-electron chi connectivity index (χ4n) is 3.25. The van der Waals surface area contributed by atoms with Crippen LogP contribution in [-0.2, 0) is 0 Å². The summed E-state index contributed by atoms with van der Waals surface area (Å²) >= 11 is 0. The highest BCUT2D eigenvalue weighted by Crippen LogP contribution is 2.33. The van der Waals surface area contributed by atoms with Crippen molar-refractivity contribution in [3.63, 3.8) is 0 Å². The molecule has 0 atom stereocenters. The zero-order valence-corrected chi connectivity index (χ0v) is 19.1. The topological polar surface area (TPSA) is 134 Å². The molecular formula is C23H33N5O5. The van der Waals surface area contributed by atoms with Gasteiger partial charge in [0.2, 0.25) is 0 Å². The Morgan fingerprint density at radius 2 is 1.76 bits per heavy atom. The molecule has 0 aliphatic rings. The number of anilines is 1. The Balaban J connectivity index is 2.13. The number of hydrogen-bond donors (Lipinski definition) is 2. The molecule has 0 amide bonds. The van der Waals surface area contributed by atoms with E-state index in [9.17, 15) is 20.3 Å². The van der Waals surface area contributed by atoms with E-state index in [-0.39, 0.29) is 24.7 Å². The van der Waals surface area contributed by atoms with Crippen molar-refractivity contribution in [2.45, 2.75) is 45.4 Å². The van der Waals surface area contributed by atoms with Crippen LogP contribution in [0.25, 0.3) is 0 Å². The number of aliphatic hydroxyl groups excluding tert-OH is 2. The molecule has 0 fully saturated rings. The third kappa shape index (κ3) is 9.11. The van der Waals surface area contributed by atoms with Gasteiger partial charge >= 0.3 is 0 Å². The van der Waals surface area contributed by atoms with Gasteiger partial charge in [-0.05, 0) is 24.6 Å². The van der Waals surface area contributed by atoms with E-state index in [1.807, 2.05) is 11.0 Å². The van der Waals surface area contributed by atoms with Crippen LogP contribution in [0.15, 0.2) is 46.8 Å². The molecule has 1 heterocycles. The van der Waals surface area contributed by atoms with Gasteiger partial charge in [0.1, 0.15) is 11.9 Å². The molecule has 2 aromatic rings. The standard InChI is InChI=1S/C23H33N5O5/c1-2-3-4-5-6-7-16-33-22-17-19(8-10-21(22)27(12-14-29)13-15-30)25-26-23-11-9-20(18-24-23)28(31)32/h8-11,17-18,29-30H,2-7,12-16H2,1H3. The SMILES string of the molecule is CCCCCCCCOc1cc(N=Nc2ccc([N+](=O)[O-])cn2)ccc1N(CCO)CCO.